The van der Waals surface area contributed by atoms with Gasteiger partial charge in [0, 0.05) is 42.7 Å². The minimum absolute atomic E-state index is 0.337. The van der Waals surface area contributed by atoms with Crippen molar-refractivity contribution in [1.29, 1.82) is 0 Å². The number of rotatable bonds is 4. The van der Waals surface area contributed by atoms with Gasteiger partial charge in [0.25, 0.3) is 0 Å². The maximum absolute atomic E-state index is 11.6. The second-order valence-electron chi connectivity index (χ2n) is 7.52. The Morgan fingerprint density at radius 2 is 1.96 bits per heavy atom. The summed E-state index contributed by atoms with van der Waals surface area (Å²) in [5.41, 5.74) is 4.66. The monoisotopic (exact) mass is 372 g/mol. The highest BCUT2D eigenvalue weighted by atomic mass is 32.2. The number of nitrogens with zero attached hydrogens (tertiary/aromatic N) is 5. The predicted octanol–water partition coefficient (Wildman–Crippen LogP) is 1.94. The quantitative estimate of drug-likeness (QED) is 0.826. The summed E-state index contributed by atoms with van der Waals surface area (Å²) in [6.07, 6.45) is 12.1. The molecule has 1 unspecified atom stereocenters. The topological polar surface area (TPSA) is 81.9 Å². The molecule has 1 N–H and O–H groups in total. The van der Waals surface area contributed by atoms with Crippen molar-refractivity contribution in [1.82, 2.24) is 23.8 Å². The molecule has 2 aliphatic carbocycles. The lowest BCUT2D eigenvalue weighted by atomic mass is 9.98. The Kier molecular flexibility index (Phi) is 4.14. The van der Waals surface area contributed by atoms with E-state index in [1.807, 2.05) is 16.8 Å². The lowest BCUT2D eigenvalue weighted by Crippen LogP contribution is -2.42. The van der Waals surface area contributed by atoms with Crippen molar-refractivity contribution in [3.8, 4) is 11.4 Å². The van der Waals surface area contributed by atoms with Gasteiger partial charge in [-0.05, 0) is 44.1 Å². The van der Waals surface area contributed by atoms with Gasteiger partial charge in [-0.2, -0.15) is 0 Å². The van der Waals surface area contributed by atoms with E-state index in [1.165, 1.54) is 29.8 Å². The molecule has 5 rings (SSSR count). The van der Waals surface area contributed by atoms with Gasteiger partial charge in [-0.15, -0.1) is 4.31 Å². The van der Waals surface area contributed by atoms with Crippen LogP contribution in [0.25, 0.3) is 11.4 Å². The molecule has 0 bridgehead atoms. The SMILES string of the molecule is C[S+]([O-])N1CCC(Nc2ncc3c(n2)-c2c(ncn2C2CC2)CC3)CC1. The van der Waals surface area contributed by atoms with Crippen LogP contribution in [0.1, 0.15) is 43.0 Å². The first-order valence-corrected chi connectivity index (χ1v) is 11.0. The molecule has 2 aromatic rings. The molecule has 26 heavy (non-hydrogen) atoms. The average Bonchev–Trinajstić information content (AvgIpc) is 3.40. The van der Waals surface area contributed by atoms with Crippen LogP contribution in [0.15, 0.2) is 12.5 Å². The minimum atomic E-state index is -0.872. The number of aryl methyl sites for hydroxylation is 2. The van der Waals surface area contributed by atoms with Gasteiger partial charge < -0.3 is 14.4 Å². The van der Waals surface area contributed by atoms with Gasteiger partial charge in [-0.1, -0.05) is 0 Å². The van der Waals surface area contributed by atoms with Gasteiger partial charge in [-0.3, -0.25) is 0 Å². The zero-order chi connectivity index (χ0) is 17.7. The van der Waals surface area contributed by atoms with E-state index in [9.17, 15) is 4.55 Å². The van der Waals surface area contributed by atoms with E-state index in [0.717, 1.165) is 44.5 Å². The molecular weight excluding hydrogens is 348 g/mol. The average molecular weight is 372 g/mol. The van der Waals surface area contributed by atoms with Crippen LogP contribution in [0.3, 0.4) is 0 Å². The zero-order valence-electron chi connectivity index (χ0n) is 15.0. The molecule has 0 aromatic carbocycles. The second kappa shape index (κ2) is 6.51. The smallest absolute Gasteiger partial charge is 0.223 e. The Morgan fingerprint density at radius 3 is 2.69 bits per heavy atom. The van der Waals surface area contributed by atoms with Crippen LogP contribution in [0, 0.1) is 0 Å². The molecule has 1 atom stereocenters. The first kappa shape index (κ1) is 16.5. The standard InChI is InChI=1S/C18H24N6OS/c1-26(25)23-8-6-13(7-9-23)21-18-19-10-12-2-5-15-17(16(12)22-18)24(11-20-15)14-3-4-14/h10-11,13-14H,2-9H2,1H3,(H,19,21,22). The molecule has 7 nitrogen and oxygen atoms in total. The molecule has 2 fully saturated rings. The summed E-state index contributed by atoms with van der Waals surface area (Å²) >= 11 is -0.872. The number of aromatic nitrogens is 4. The van der Waals surface area contributed by atoms with E-state index in [0.29, 0.717) is 18.0 Å². The summed E-state index contributed by atoms with van der Waals surface area (Å²) in [6.45, 7) is 1.70. The molecule has 0 spiro atoms. The van der Waals surface area contributed by atoms with Crippen molar-refractivity contribution in [2.45, 2.75) is 50.6 Å². The molecular formula is C18H24N6OS. The van der Waals surface area contributed by atoms with Crippen LogP contribution in [0.5, 0.6) is 0 Å². The van der Waals surface area contributed by atoms with Gasteiger partial charge in [0.15, 0.2) is 0 Å². The van der Waals surface area contributed by atoms with E-state index < -0.39 is 11.4 Å². The first-order valence-electron chi connectivity index (χ1n) is 9.46. The number of imidazole rings is 1. The molecule has 0 amide bonds. The summed E-state index contributed by atoms with van der Waals surface area (Å²) in [7, 11) is 0. The molecule has 1 aliphatic heterocycles. The third-order valence-corrected chi connectivity index (χ3v) is 6.77. The van der Waals surface area contributed by atoms with Crippen LogP contribution < -0.4 is 5.32 Å². The largest absolute Gasteiger partial charge is 0.598 e. The van der Waals surface area contributed by atoms with Crippen LogP contribution in [-0.4, -0.2) is 53.8 Å². The van der Waals surface area contributed by atoms with Gasteiger partial charge in [0.1, 0.15) is 6.26 Å². The Hall–Kier alpha value is -1.64. The second-order valence-corrected chi connectivity index (χ2v) is 8.88. The maximum Gasteiger partial charge on any atom is 0.223 e. The molecule has 0 radical (unpaired) electrons. The maximum atomic E-state index is 11.6. The number of hydrogen-bond acceptors (Lipinski definition) is 6. The first-order chi connectivity index (χ1) is 12.7. The van der Waals surface area contributed by atoms with Crippen molar-refractivity contribution in [2.24, 2.45) is 0 Å². The fourth-order valence-electron chi connectivity index (χ4n) is 4.03. The molecule has 1 saturated carbocycles. The van der Waals surface area contributed by atoms with Crippen LogP contribution >= 0.6 is 0 Å². The van der Waals surface area contributed by atoms with E-state index in [2.05, 4.69) is 19.9 Å². The Bertz CT molecular complexity index is 810. The summed E-state index contributed by atoms with van der Waals surface area (Å²) in [4.78, 5) is 14.1. The van der Waals surface area contributed by atoms with Gasteiger partial charge in [0.2, 0.25) is 5.95 Å². The lowest BCUT2D eigenvalue weighted by Gasteiger charge is -2.31. The highest BCUT2D eigenvalue weighted by Gasteiger charge is 2.31. The lowest BCUT2D eigenvalue weighted by molar-refractivity contribution is 0.331. The summed E-state index contributed by atoms with van der Waals surface area (Å²) < 4.78 is 15.9. The van der Waals surface area contributed by atoms with Gasteiger partial charge in [-0.25, -0.2) is 15.0 Å². The zero-order valence-corrected chi connectivity index (χ0v) is 15.8. The molecule has 2 aromatic heterocycles. The number of piperidine rings is 1. The molecule has 8 heteroatoms. The highest BCUT2D eigenvalue weighted by Crippen LogP contribution is 2.41. The molecule has 3 heterocycles. The molecule has 1 saturated heterocycles. The Balaban J connectivity index is 1.37. The van der Waals surface area contributed by atoms with Crippen molar-refractivity contribution >= 4 is 17.3 Å². The van der Waals surface area contributed by atoms with E-state index in [-0.39, 0.29) is 0 Å². The molecule has 138 valence electrons. The van der Waals surface area contributed by atoms with Crippen LogP contribution in [0.4, 0.5) is 5.95 Å². The number of anilines is 1. The summed E-state index contributed by atoms with van der Waals surface area (Å²) in [6, 6.07) is 0.937. The minimum Gasteiger partial charge on any atom is -0.598 e. The Labute approximate surface area is 156 Å². The van der Waals surface area contributed by atoms with Crippen LogP contribution in [-0.2, 0) is 24.2 Å². The molecule has 3 aliphatic rings. The third-order valence-electron chi connectivity index (χ3n) is 5.68. The van der Waals surface area contributed by atoms with E-state index >= 15 is 0 Å². The fraction of sp³-hybridized carbons (Fsp3) is 0.611. The van der Waals surface area contributed by atoms with Crippen molar-refractivity contribution < 1.29 is 4.55 Å². The fourth-order valence-corrected chi connectivity index (χ4v) is 4.75. The number of hydrogen-bond donors (Lipinski definition) is 1. The number of nitrogens with one attached hydrogen (secondary N) is 1. The number of fused-ring (bicyclic) bond motifs is 3. The van der Waals surface area contributed by atoms with E-state index in [4.69, 9.17) is 4.98 Å². The Morgan fingerprint density at radius 1 is 1.15 bits per heavy atom. The van der Waals surface area contributed by atoms with Crippen molar-refractivity contribution in [3.63, 3.8) is 0 Å². The van der Waals surface area contributed by atoms with Crippen molar-refractivity contribution in [3.05, 3.63) is 23.8 Å². The predicted molar refractivity (Wildman–Crippen MR) is 101 cm³/mol. The third kappa shape index (κ3) is 3.00. The summed E-state index contributed by atoms with van der Waals surface area (Å²) in [5, 5.41) is 3.50. The van der Waals surface area contributed by atoms with E-state index in [1.54, 1.807) is 6.26 Å². The van der Waals surface area contributed by atoms with Crippen LogP contribution in [0.2, 0.25) is 0 Å². The van der Waals surface area contributed by atoms with Crippen molar-refractivity contribution in [2.75, 3.05) is 24.7 Å². The normalized spacial score (nSPS) is 21.9. The van der Waals surface area contributed by atoms with Gasteiger partial charge >= 0.3 is 0 Å². The van der Waals surface area contributed by atoms with Gasteiger partial charge in [0.05, 0.1) is 23.4 Å². The summed E-state index contributed by atoms with van der Waals surface area (Å²) in [5.74, 6) is 0.705. The highest BCUT2D eigenvalue weighted by molar-refractivity contribution is 7.88.